The number of carbonyl (C=O) groups is 4. The Bertz CT molecular complexity index is 1810. The SMILES string of the molecule is O=C1[C@H]2[C@H](CC=C3[C@H]2C[C@@]2(Cl)C(=O)N(CBr)C(=O)[C@@]2(Cl)[C@H]3c2ccc(O)c(F)c2)C(=O)N1c1ccc(Nc2ccccc2)cc1. The van der Waals surface area contributed by atoms with E-state index in [0.717, 1.165) is 28.4 Å². The summed E-state index contributed by atoms with van der Waals surface area (Å²) in [6, 6.07) is 20.1. The number of hydrogen-bond acceptors (Lipinski definition) is 6. The first-order valence-electron chi connectivity index (χ1n) is 14.3. The lowest BCUT2D eigenvalue weighted by Gasteiger charge is -2.50. The van der Waals surface area contributed by atoms with E-state index in [1.807, 2.05) is 30.3 Å². The van der Waals surface area contributed by atoms with E-state index in [0.29, 0.717) is 11.3 Å². The maximum Gasteiger partial charge on any atom is 0.254 e. The normalized spacial score (nSPS) is 30.6. The zero-order chi connectivity index (χ0) is 31.8. The highest BCUT2D eigenvalue weighted by atomic mass is 79.9. The molecule has 0 radical (unpaired) electrons. The first-order chi connectivity index (χ1) is 21.5. The number of amides is 4. The maximum absolute atomic E-state index is 14.7. The first-order valence-corrected chi connectivity index (χ1v) is 16.2. The fourth-order valence-corrected chi connectivity index (χ4v) is 8.89. The van der Waals surface area contributed by atoms with Gasteiger partial charge in [0.2, 0.25) is 11.8 Å². The van der Waals surface area contributed by atoms with Crippen molar-refractivity contribution in [3.05, 3.63) is 95.8 Å². The van der Waals surface area contributed by atoms with Crippen LogP contribution in [-0.4, -0.2) is 48.8 Å². The van der Waals surface area contributed by atoms with Gasteiger partial charge < -0.3 is 10.4 Å². The van der Waals surface area contributed by atoms with Crippen LogP contribution >= 0.6 is 39.1 Å². The van der Waals surface area contributed by atoms with Gasteiger partial charge in [0, 0.05) is 17.3 Å². The van der Waals surface area contributed by atoms with E-state index < -0.39 is 62.7 Å². The van der Waals surface area contributed by atoms with Gasteiger partial charge in [-0.25, -0.2) is 4.39 Å². The van der Waals surface area contributed by atoms with Gasteiger partial charge >= 0.3 is 0 Å². The van der Waals surface area contributed by atoms with Crippen LogP contribution in [0.25, 0.3) is 0 Å². The van der Waals surface area contributed by atoms with E-state index >= 15 is 0 Å². The number of phenols is 1. The number of hydrogen-bond donors (Lipinski definition) is 2. The summed E-state index contributed by atoms with van der Waals surface area (Å²) in [5, 5.41) is 13.2. The van der Waals surface area contributed by atoms with Crippen LogP contribution in [0.4, 0.5) is 21.5 Å². The van der Waals surface area contributed by atoms with Crippen LogP contribution in [0.5, 0.6) is 5.75 Å². The van der Waals surface area contributed by atoms with Crippen molar-refractivity contribution >= 4 is 79.8 Å². The Hall–Kier alpha value is -3.73. The van der Waals surface area contributed by atoms with Gasteiger partial charge in [0.25, 0.3) is 11.8 Å². The Balaban J connectivity index is 1.28. The molecule has 12 heteroatoms. The second-order valence-electron chi connectivity index (χ2n) is 11.7. The van der Waals surface area contributed by atoms with Crippen LogP contribution in [-0.2, 0) is 19.2 Å². The Kier molecular flexibility index (Phi) is 7.11. The molecule has 0 aromatic heterocycles. The molecule has 8 nitrogen and oxygen atoms in total. The molecule has 45 heavy (non-hydrogen) atoms. The standard InChI is InChI=1S/C33H25BrCl2FN3O5/c34-16-39-30(44)32(35)15-23-21(27(33(32,36)31(39)45)17-6-13-25(41)24(37)14-17)11-12-22-26(23)29(43)40(28(22)42)20-9-7-19(8-10-20)38-18-4-2-1-3-5-18/h1-11,13-14,22-23,26-27,38,41H,12,15-16H2/t22-,23+,26-,27-,32+,33-/m0/s1. The predicted molar refractivity (Wildman–Crippen MR) is 170 cm³/mol. The Morgan fingerprint density at radius 1 is 0.911 bits per heavy atom. The average molecular weight is 713 g/mol. The average Bonchev–Trinajstić information content (AvgIpc) is 3.37. The number of anilines is 3. The molecule has 2 aliphatic carbocycles. The molecule has 2 heterocycles. The van der Waals surface area contributed by atoms with Gasteiger partial charge in [-0.2, -0.15) is 0 Å². The number of nitrogens with zero attached hydrogens (tertiary/aromatic N) is 2. The van der Waals surface area contributed by atoms with E-state index in [1.54, 1.807) is 30.3 Å². The third-order valence-corrected chi connectivity index (χ3v) is 11.4. The third-order valence-electron chi connectivity index (χ3n) is 9.51. The summed E-state index contributed by atoms with van der Waals surface area (Å²) in [5.74, 6) is -7.33. The lowest BCUT2D eigenvalue weighted by molar-refractivity contribution is -0.138. The Morgan fingerprint density at radius 3 is 2.27 bits per heavy atom. The highest BCUT2D eigenvalue weighted by Gasteiger charge is 2.76. The third kappa shape index (κ3) is 4.22. The fourth-order valence-electron chi connectivity index (χ4n) is 7.47. The fraction of sp³-hybridized carbons (Fsp3) is 0.273. The molecule has 3 aromatic rings. The number of benzene rings is 3. The van der Waals surface area contributed by atoms with Crippen molar-refractivity contribution in [1.29, 1.82) is 0 Å². The lowest BCUT2D eigenvalue weighted by atomic mass is 9.56. The van der Waals surface area contributed by atoms with Gasteiger partial charge in [0.05, 0.1) is 23.0 Å². The highest BCUT2D eigenvalue weighted by molar-refractivity contribution is 9.09. The smallest absolute Gasteiger partial charge is 0.254 e. The van der Waals surface area contributed by atoms with Gasteiger partial charge in [-0.1, -0.05) is 51.8 Å². The monoisotopic (exact) mass is 711 g/mol. The highest BCUT2D eigenvalue weighted by Crippen LogP contribution is 2.65. The van der Waals surface area contributed by atoms with E-state index in [9.17, 15) is 28.7 Å². The molecular formula is C33H25BrCl2FN3O5. The quantitative estimate of drug-likeness (QED) is 0.142. The molecule has 2 N–H and O–H groups in total. The van der Waals surface area contributed by atoms with Crippen molar-refractivity contribution in [2.45, 2.75) is 28.5 Å². The van der Waals surface area contributed by atoms with Crippen molar-refractivity contribution in [2.75, 3.05) is 15.7 Å². The topological polar surface area (TPSA) is 107 Å². The van der Waals surface area contributed by atoms with Gasteiger partial charge in [-0.3, -0.25) is 29.0 Å². The molecule has 3 aromatic carbocycles. The number of allylic oxidation sites excluding steroid dienone is 2. The van der Waals surface area contributed by atoms with Crippen LogP contribution in [0.1, 0.15) is 24.3 Å². The number of alkyl halides is 3. The molecule has 4 amide bonds. The van der Waals surface area contributed by atoms with Crippen molar-refractivity contribution in [1.82, 2.24) is 4.90 Å². The lowest BCUT2D eigenvalue weighted by Crippen LogP contribution is -2.60. The van der Waals surface area contributed by atoms with Gasteiger partial charge in [0.15, 0.2) is 21.3 Å². The minimum atomic E-state index is -2.05. The van der Waals surface area contributed by atoms with Gasteiger partial charge in [-0.15, -0.1) is 23.2 Å². The summed E-state index contributed by atoms with van der Waals surface area (Å²) >= 11 is 17.5. The number of rotatable bonds is 5. The van der Waals surface area contributed by atoms with Crippen molar-refractivity contribution in [3.63, 3.8) is 0 Å². The largest absolute Gasteiger partial charge is 0.505 e. The minimum absolute atomic E-state index is 0.166. The number of nitrogens with one attached hydrogen (secondary N) is 1. The molecular weight excluding hydrogens is 688 g/mol. The number of phenolic OH excluding ortho intramolecular Hbond substituents is 1. The molecule has 0 spiro atoms. The molecule has 0 unspecified atom stereocenters. The number of para-hydroxylation sites is 1. The number of halogens is 4. The van der Waals surface area contributed by atoms with Crippen LogP contribution in [0, 0.1) is 23.6 Å². The van der Waals surface area contributed by atoms with Crippen LogP contribution < -0.4 is 10.2 Å². The van der Waals surface area contributed by atoms with E-state index in [1.165, 1.54) is 11.0 Å². The molecule has 4 aliphatic rings. The molecule has 1 saturated carbocycles. The molecule has 3 fully saturated rings. The van der Waals surface area contributed by atoms with E-state index in [4.69, 9.17) is 23.2 Å². The number of carbonyl (C=O) groups excluding carboxylic acids is 4. The number of fused-ring (bicyclic) bond motifs is 4. The second kappa shape index (κ2) is 10.7. The van der Waals surface area contributed by atoms with Crippen LogP contribution in [0.15, 0.2) is 84.4 Å². The first kappa shape index (κ1) is 30.0. The number of likely N-dealkylation sites (tertiary alicyclic amines) is 1. The van der Waals surface area contributed by atoms with E-state index in [-0.39, 0.29) is 29.8 Å². The Labute approximate surface area is 275 Å². The van der Waals surface area contributed by atoms with Gasteiger partial charge in [0.1, 0.15) is 0 Å². The summed E-state index contributed by atoms with van der Waals surface area (Å²) in [6.07, 6.45) is 1.77. The summed E-state index contributed by atoms with van der Waals surface area (Å²) in [5.41, 5.74) is 2.64. The molecule has 0 bridgehead atoms. The summed E-state index contributed by atoms with van der Waals surface area (Å²) in [6.45, 7) is 0. The second-order valence-corrected chi connectivity index (χ2v) is 13.5. The van der Waals surface area contributed by atoms with E-state index in [2.05, 4.69) is 21.2 Å². The summed E-state index contributed by atoms with van der Waals surface area (Å²) in [7, 11) is 0. The Morgan fingerprint density at radius 2 is 1.60 bits per heavy atom. The van der Waals surface area contributed by atoms with Crippen molar-refractivity contribution < 1.29 is 28.7 Å². The van der Waals surface area contributed by atoms with Crippen LogP contribution in [0.2, 0.25) is 0 Å². The summed E-state index contributed by atoms with van der Waals surface area (Å²) in [4.78, 5) is 53.6. The molecule has 2 saturated heterocycles. The molecule has 6 atom stereocenters. The molecule has 230 valence electrons. The number of aromatic hydroxyl groups is 1. The predicted octanol–water partition coefficient (Wildman–Crippen LogP) is 6.19. The number of imide groups is 2. The minimum Gasteiger partial charge on any atom is -0.505 e. The van der Waals surface area contributed by atoms with Crippen molar-refractivity contribution in [3.8, 4) is 5.75 Å². The zero-order valence-corrected chi connectivity index (χ0v) is 26.5. The molecule has 7 rings (SSSR count). The van der Waals surface area contributed by atoms with Crippen LogP contribution in [0.3, 0.4) is 0 Å². The van der Waals surface area contributed by atoms with Crippen molar-refractivity contribution in [2.24, 2.45) is 17.8 Å². The zero-order valence-electron chi connectivity index (χ0n) is 23.4. The molecule has 2 aliphatic heterocycles. The summed E-state index contributed by atoms with van der Waals surface area (Å²) < 4.78 is 14.7. The van der Waals surface area contributed by atoms with Gasteiger partial charge in [-0.05, 0) is 72.9 Å². The maximum atomic E-state index is 14.7.